The Hall–Kier alpha value is -0.780. The molecule has 1 atom stereocenters. The molecule has 0 N–H and O–H groups in total. The van der Waals surface area contributed by atoms with Gasteiger partial charge in [0.15, 0.2) is 12.1 Å². The molecule has 74 valence electrons. The second kappa shape index (κ2) is 3.53. The predicted octanol–water partition coefficient (Wildman–Crippen LogP) is -0.120. The first-order valence-corrected chi connectivity index (χ1v) is 3.92. The van der Waals surface area contributed by atoms with Gasteiger partial charge in [-0.3, -0.25) is 4.79 Å². The van der Waals surface area contributed by atoms with E-state index in [4.69, 9.17) is 14.2 Å². The predicted molar refractivity (Wildman–Crippen MR) is 41.9 cm³/mol. The van der Waals surface area contributed by atoms with Crippen molar-refractivity contribution in [3.8, 4) is 0 Å². The van der Waals surface area contributed by atoms with Crippen molar-refractivity contribution < 1.29 is 23.8 Å². The highest BCUT2D eigenvalue weighted by Gasteiger charge is 2.46. The molecule has 13 heavy (non-hydrogen) atoms. The summed E-state index contributed by atoms with van der Waals surface area (Å²) in [7, 11) is 0. The summed E-state index contributed by atoms with van der Waals surface area (Å²) in [6, 6.07) is 0. The van der Waals surface area contributed by atoms with Crippen molar-refractivity contribution in [3.05, 3.63) is 0 Å². The normalized spacial score (nSPS) is 31.5. The van der Waals surface area contributed by atoms with Crippen LogP contribution in [0.5, 0.6) is 0 Å². The lowest BCUT2D eigenvalue weighted by Gasteiger charge is -2.22. The molecule has 0 bridgehead atoms. The average molecular weight is 188 g/mol. The number of ether oxygens (including phenoxy) is 3. The van der Waals surface area contributed by atoms with Crippen LogP contribution >= 0.6 is 0 Å². The van der Waals surface area contributed by atoms with E-state index in [2.05, 4.69) is 0 Å². The lowest BCUT2D eigenvalue weighted by molar-refractivity contribution is -0.234. The van der Waals surface area contributed by atoms with Gasteiger partial charge in [-0.25, -0.2) is 0 Å². The summed E-state index contributed by atoms with van der Waals surface area (Å²) >= 11 is 0. The molecule has 0 amide bonds. The van der Waals surface area contributed by atoms with Crippen LogP contribution in [0.4, 0.5) is 0 Å². The number of carbonyl (C=O) groups is 2. The van der Waals surface area contributed by atoms with Gasteiger partial charge in [0.1, 0.15) is 19.5 Å². The van der Waals surface area contributed by atoms with Crippen LogP contribution in [0.1, 0.15) is 13.8 Å². The third-order valence-electron chi connectivity index (χ3n) is 1.61. The first kappa shape index (κ1) is 10.3. The average Bonchev–Trinajstić information content (AvgIpc) is 2.40. The Morgan fingerprint density at radius 2 is 2.15 bits per heavy atom. The largest absolute Gasteiger partial charge is 0.344 e. The Balaban J connectivity index is 2.62. The van der Waals surface area contributed by atoms with E-state index in [0.29, 0.717) is 12.6 Å². The van der Waals surface area contributed by atoms with Crippen LogP contribution in [0.3, 0.4) is 0 Å². The minimum Gasteiger partial charge on any atom is -0.344 e. The van der Waals surface area contributed by atoms with Gasteiger partial charge in [0.05, 0.1) is 0 Å². The highest BCUT2D eigenvalue weighted by Crippen LogP contribution is 2.30. The van der Waals surface area contributed by atoms with E-state index < -0.39 is 11.6 Å². The first-order chi connectivity index (χ1) is 6.04. The van der Waals surface area contributed by atoms with Crippen LogP contribution in [-0.2, 0) is 23.8 Å². The molecule has 0 aromatic carbocycles. The molecule has 1 aliphatic heterocycles. The molecule has 1 heterocycles. The van der Waals surface area contributed by atoms with Crippen LogP contribution in [0.25, 0.3) is 0 Å². The molecule has 0 spiro atoms. The molecule has 0 aromatic rings. The minimum absolute atomic E-state index is 0.0112. The van der Waals surface area contributed by atoms with Crippen LogP contribution in [0.2, 0.25) is 0 Å². The fourth-order valence-electron chi connectivity index (χ4n) is 1.09. The summed E-state index contributed by atoms with van der Waals surface area (Å²) in [6.07, 6.45) is 1.06. The number of aldehydes is 2. The van der Waals surface area contributed by atoms with Crippen LogP contribution < -0.4 is 0 Å². The zero-order valence-corrected chi connectivity index (χ0v) is 7.61. The zero-order chi connectivity index (χ0) is 9.95. The molecule has 0 unspecified atom stereocenters. The zero-order valence-electron chi connectivity index (χ0n) is 7.61. The van der Waals surface area contributed by atoms with Gasteiger partial charge in [-0.2, -0.15) is 0 Å². The van der Waals surface area contributed by atoms with Crippen molar-refractivity contribution in [2.24, 2.45) is 0 Å². The van der Waals surface area contributed by atoms with E-state index in [9.17, 15) is 9.59 Å². The molecular formula is C8H12O5. The van der Waals surface area contributed by atoms with Crippen molar-refractivity contribution in [1.82, 2.24) is 0 Å². The minimum atomic E-state index is -1.41. The van der Waals surface area contributed by atoms with Gasteiger partial charge in [0, 0.05) is 0 Å². The topological polar surface area (TPSA) is 61.8 Å². The Morgan fingerprint density at radius 3 is 2.54 bits per heavy atom. The SMILES string of the molecule is CC1(C)OC[C@](C=O)(OCC=O)O1. The molecule has 0 radical (unpaired) electrons. The maximum absolute atomic E-state index is 10.7. The Morgan fingerprint density at radius 1 is 1.46 bits per heavy atom. The van der Waals surface area contributed by atoms with Gasteiger partial charge in [0.2, 0.25) is 0 Å². The van der Waals surface area contributed by atoms with Gasteiger partial charge in [-0.1, -0.05) is 0 Å². The standard InChI is InChI=1S/C8H12O5/c1-7(2)12-6-8(5-10,13-7)11-4-3-9/h3,5H,4,6H2,1-2H3/t8-/m1/s1. The fraction of sp³-hybridized carbons (Fsp3) is 0.750. The summed E-state index contributed by atoms with van der Waals surface area (Å²) in [5, 5.41) is 0. The van der Waals surface area contributed by atoms with Crippen molar-refractivity contribution in [2.45, 2.75) is 25.4 Å². The first-order valence-electron chi connectivity index (χ1n) is 3.92. The summed E-state index contributed by atoms with van der Waals surface area (Å²) < 4.78 is 15.3. The third kappa shape index (κ3) is 2.33. The summed E-state index contributed by atoms with van der Waals surface area (Å²) in [5.41, 5.74) is 0. The monoisotopic (exact) mass is 188 g/mol. The molecule has 5 heteroatoms. The number of hydrogen-bond donors (Lipinski definition) is 0. The highest BCUT2D eigenvalue weighted by atomic mass is 16.8. The molecular weight excluding hydrogens is 176 g/mol. The van der Waals surface area contributed by atoms with E-state index in [1.54, 1.807) is 13.8 Å². The maximum atomic E-state index is 10.7. The van der Waals surface area contributed by atoms with Crippen LogP contribution in [-0.4, -0.2) is 37.4 Å². The molecule has 1 saturated heterocycles. The van der Waals surface area contributed by atoms with Gasteiger partial charge >= 0.3 is 0 Å². The number of carbonyl (C=O) groups excluding carboxylic acids is 2. The summed E-state index contributed by atoms with van der Waals surface area (Å²) in [5.74, 6) is -2.26. The number of hydrogen-bond acceptors (Lipinski definition) is 5. The molecule has 5 nitrogen and oxygen atoms in total. The van der Waals surface area contributed by atoms with Crippen molar-refractivity contribution in [2.75, 3.05) is 13.2 Å². The van der Waals surface area contributed by atoms with E-state index in [0.717, 1.165) is 0 Å². The molecule has 1 aliphatic rings. The van der Waals surface area contributed by atoms with Crippen molar-refractivity contribution in [1.29, 1.82) is 0 Å². The molecule has 0 aromatic heterocycles. The van der Waals surface area contributed by atoms with Crippen LogP contribution in [0, 0.1) is 0 Å². The van der Waals surface area contributed by atoms with Gasteiger partial charge in [0.25, 0.3) is 5.79 Å². The van der Waals surface area contributed by atoms with E-state index in [-0.39, 0.29) is 13.2 Å². The van der Waals surface area contributed by atoms with Crippen molar-refractivity contribution in [3.63, 3.8) is 0 Å². The van der Waals surface area contributed by atoms with Crippen LogP contribution in [0.15, 0.2) is 0 Å². The lowest BCUT2D eigenvalue weighted by Crippen LogP contribution is -2.39. The molecule has 0 aliphatic carbocycles. The Kier molecular flexibility index (Phi) is 2.80. The second-order valence-electron chi connectivity index (χ2n) is 3.20. The lowest BCUT2D eigenvalue weighted by atomic mass is 10.3. The quantitative estimate of drug-likeness (QED) is 0.575. The molecule has 1 rings (SSSR count). The van der Waals surface area contributed by atoms with E-state index >= 15 is 0 Å². The van der Waals surface area contributed by atoms with E-state index in [1.165, 1.54) is 0 Å². The Bertz CT molecular complexity index is 213. The Labute approximate surface area is 76.0 Å². The molecule has 0 saturated carbocycles. The summed E-state index contributed by atoms with van der Waals surface area (Å²) in [4.78, 5) is 20.7. The second-order valence-corrected chi connectivity index (χ2v) is 3.20. The third-order valence-corrected chi connectivity index (χ3v) is 1.61. The smallest absolute Gasteiger partial charge is 0.253 e. The summed E-state index contributed by atoms with van der Waals surface area (Å²) in [6.45, 7) is 3.17. The van der Waals surface area contributed by atoms with Crippen molar-refractivity contribution >= 4 is 12.6 Å². The van der Waals surface area contributed by atoms with E-state index in [1.807, 2.05) is 0 Å². The number of rotatable bonds is 4. The van der Waals surface area contributed by atoms with Gasteiger partial charge in [-0.15, -0.1) is 0 Å². The maximum Gasteiger partial charge on any atom is 0.253 e. The van der Waals surface area contributed by atoms with Gasteiger partial charge < -0.3 is 19.0 Å². The highest BCUT2D eigenvalue weighted by molar-refractivity contribution is 5.62. The molecule has 1 fully saturated rings. The fourth-order valence-corrected chi connectivity index (χ4v) is 1.09. The van der Waals surface area contributed by atoms with Gasteiger partial charge in [-0.05, 0) is 13.8 Å².